The number of nitrogens with zero attached hydrogens (tertiary/aromatic N) is 4. The Balaban J connectivity index is 1.22. The number of oxazole rings is 1. The number of likely N-dealkylation sites (tertiary alicyclic amines) is 1. The Bertz CT molecular complexity index is 1920. The topological polar surface area (TPSA) is 120 Å². The first-order valence-electron chi connectivity index (χ1n) is 13.5. The summed E-state index contributed by atoms with van der Waals surface area (Å²) in [5.41, 5.74) is 1.65. The summed E-state index contributed by atoms with van der Waals surface area (Å²) in [4.78, 5) is 18.9. The van der Waals surface area contributed by atoms with Gasteiger partial charge in [-0.05, 0) is 24.5 Å². The number of ether oxygens (including phenoxy) is 1. The molecular weight excluding hydrogens is 581 g/mol. The number of nitrogens with one attached hydrogen (secondary N) is 1. The summed E-state index contributed by atoms with van der Waals surface area (Å²) in [6.45, 7) is 2.49. The van der Waals surface area contributed by atoms with Crippen molar-refractivity contribution < 1.29 is 22.0 Å². The zero-order chi connectivity index (χ0) is 28.9. The largest absolute Gasteiger partial charge is 0.487 e. The molecule has 13 heteroatoms. The van der Waals surface area contributed by atoms with Crippen molar-refractivity contribution in [2.45, 2.75) is 42.3 Å². The van der Waals surface area contributed by atoms with E-state index in [-0.39, 0.29) is 16.2 Å². The van der Waals surface area contributed by atoms with E-state index in [4.69, 9.17) is 9.15 Å². The molecule has 5 aromatic rings. The van der Waals surface area contributed by atoms with Crippen molar-refractivity contribution in [1.82, 2.24) is 18.8 Å². The molecule has 1 saturated heterocycles. The molecule has 10 nitrogen and oxygen atoms in total. The molecular formula is C29H26FN5O5S2. The zero-order valence-electron chi connectivity index (χ0n) is 22.3. The zero-order valence-corrected chi connectivity index (χ0v) is 23.9. The summed E-state index contributed by atoms with van der Waals surface area (Å²) < 4.78 is 60.8. The predicted octanol–water partition coefficient (Wildman–Crippen LogP) is 4.79. The van der Waals surface area contributed by atoms with Gasteiger partial charge in [0.1, 0.15) is 28.4 Å². The van der Waals surface area contributed by atoms with Crippen molar-refractivity contribution in [1.29, 1.82) is 0 Å². The van der Waals surface area contributed by atoms with Crippen LogP contribution in [0.1, 0.15) is 36.4 Å². The van der Waals surface area contributed by atoms with E-state index in [9.17, 15) is 13.2 Å². The number of rotatable bonds is 6. The maximum Gasteiger partial charge on any atom is 0.420 e. The van der Waals surface area contributed by atoms with Gasteiger partial charge in [-0.25, -0.2) is 22.6 Å². The summed E-state index contributed by atoms with van der Waals surface area (Å²) in [6, 6.07) is 19.4. The molecule has 2 aliphatic rings. The van der Waals surface area contributed by atoms with Crippen LogP contribution in [0.25, 0.3) is 11.1 Å². The monoisotopic (exact) mass is 607 g/mol. The maximum atomic E-state index is 15.4. The molecule has 216 valence electrons. The van der Waals surface area contributed by atoms with Gasteiger partial charge in [0.15, 0.2) is 5.58 Å². The third-order valence-corrected chi connectivity index (χ3v) is 10.1. The second-order valence-electron chi connectivity index (χ2n) is 10.6. The van der Waals surface area contributed by atoms with E-state index in [0.717, 1.165) is 61.7 Å². The fourth-order valence-corrected chi connectivity index (χ4v) is 7.74. The van der Waals surface area contributed by atoms with Gasteiger partial charge in [0.2, 0.25) is 5.13 Å². The Morgan fingerprint density at radius 2 is 1.83 bits per heavy atom. The maximum absolute atomic E-state index is 15.4. The van der Waals surface area contributed by atoms with E-state index in [1.54, 1.807) is 0 Å². The molecule has 1 spiro atoms. The van der Waals surface area contributed by atoms with Crippen LogP contribution < -0.4 is 15.2 Å². The highest BCUT2D eigenvalue weighted by molar-refractivity contribution is 7.93. The molecule has 2 aliphatic heterocycles. The number of para-hydroxylation sites is 1. The summed E-state index contributed by atoms with van der Waals surface area (Å²) >= 11 is 0.817. The first kappa shape index (κ1) is 26.8. The lowest BCUT2D eigenvalue weighted by Crippen LogP contribution is -2.51. The van der Waals surface area contributed by atoms with Gasteiger partial charge in [-0.2, -0.15) is 4.37 Å². The summed E-state index contributed by atoms with van der Waals surface area (Å²) in [7, 11) is -4.35. The number of benzene rings is 3. The highest BCUT2D eigenvalue weighted by atomic mass is 32.2. The molecule has 7 rings (SSSR count). The summed E-state index contributed by atoms with van der Waals surface area (Å²) in [5, 5.41) is -0.00699. The molecule has 1 fully saturated rings. The Hall–Kier alpha value is -4.07. The Morgan fingerprint density at radius 3 is 2.60 bits per heavy atom. The fourth-order valence-electron chi connectivity index (χ4n) is 6.01. The summed E-state index contributed by atoms with van der Waals surface area (Å²) in [5.74, 6) is -1.04. The minimum Gasteiger partial charge on any atom is -0.487 e. The Morgan fingerprint density at radius 1 is 1.07 bits per heavy atom. The minimum atomic E-state index is -4.35. The predicted molar refractivity (Wildman–Crippen MR) is 155 cm³/mol. The lowest BCUT2D eigenvalue weighted by molar-refractivity contribution is -0.0267. The van der Waals surface area contributed by atoms with Crippen LogP contribution in [0.15, 0.2) is 87.2 Å². The Kier molecular flexibility index (Phi) is 6.59. The van der Waals surface area contributed by atoms with Crippen LogP contribution in [0.5, 0.6) is 5.75 Å². The fraction of sp³-hybridized carbons (Fsp3) is 0.276. The van der Waals surface area contributed by atoms with Crippen molar-refractivity contribution >= 4 is 37.8 Å². The minimum absolute atomic E-state index is 0.00699. The van der Waals surface area contributed by atoms with Gasteiger partial charge in [0, 0.05) is 55.3 Å². The highest BCUT2D eigenvalue weighted by Gasteiger charge is 2.45. The van der Waals surface area contributed by atoms with Crippen molar-refractivity contribution in [2.75, 3.05) is 17.8 Å². The summed E-state index contributed by atoms with van der Waals surface area (Å²) in [6.07, 6.45) is 3.18. The van der Waals surface area contributed by atoms with Crippen LogP contribution in [0.2, 0.25) is 0 Å². The molecule has 2 aromatic heterocycles. The van der Waals surface area contributed by atoms with Gasteiger partial charge in [0.25, 0.3) is 10.0 Å². The first-order valence-corrected chi connectivity index (χ1v) is 15.7. The number of piperidine rings is 1. The number of anilines is 1. The molecule has 1 unspecified atom stereocenters. The number of hydrogen-bond acceptors (Lipinski definition) is 9. The molecule has 42 heavy (non-hydrogen) atoms. The molecule has 3 aromatic carbocycles. The van der Waals surface area contributed by atoms with Gasteiger partial charge >= 0.3 is 5.76 Å². The van der Waals surface area contributed by atoms with E-state index in [1.165, 1.54) is 16.5 Å². The van der Waals surface area contributed by atoms with E-state index in [0.29, 0.717) is 12.2 Å². The molecule has 0 bridgehead atoms. The van der Waals surface area contributed by atoms with Gasteiger partial charge < -0.3 is 9.15 Å². The van der Waals surface area contributed by atoms with Gasteiger partial charge in [-0.15, -0.1) is 0 Å². The van der Waals surface area contributed by atoms with E-state index < -0.39 is 38.1 Å². The number of halogens is 1. The molecule has 1 atom stereocenters. The van der Waals surface area contributed by atoms with Crippen molar-refractivity contribution in [2.24, 2.45) is 0 Å². The van der Waals surface area contributed by atoms with Gasteiger partial charge in [-0.3, -0.25) is 14.2 Å². The third kappa shape index (κ3) is 4.86. The Labute approximate surface area is 244 Å². The van der Waals surface area contributed by atoms with Crippen LogP contribution in [0.4, 0.5) is 9.52 Å². The molecule has 0 aliphatic carbocycles. The van der Waals surface area contributed by atoms with Crippen LogP contribution in [0.3, 0.4) is 0 Å². The lowest BCUT2D eigenvalue weighted by atomic mass is 9.80. The number of aromatic nitrogens is 3. The molecule has 0 amide bonds. The standard InChI is InChI=1S/C29H26FN5O5S2/c30-21-14-22-25(15-26(21)42(37,38)33-27-31-18-32-41-27)39-28(36)35(22)23-16-29(40-24-9-5-4-8-20(23)24)10-12-34(13-11-29)17-19-6-2-1-3-7-19/h1-9,14-15,18,23H,10-13,16-17H2,(H,31,32,33). The molecule has 0 radical (unpaired) electrons. The molecule has 4 heterocycles. The average Bonchev–Trinajstić information content (AvgIpc) is 3.60. The average molecular weight is 608 g/mol. The number of fused-ring (bicyclic) bond motifs is 2. The van der Waals surface area contributed by atoms with E-state index in [1.807, 2.05) is 42.5 Å². The normalized spacial score (nSPS) is 18.5. The quantitative estimate of drug-likeness (QED) is 0.293. The van der Waals surface area contributed by atoms with Gasteiger partial charge in [-0.1, -0.05) is 48.5 Å². The van der Waals surface area contributed by atoms with Crippen LogP contribution in [0, 0.1) is 5.82 Å². The van der Waals surface area contributed by atoms with Crippen LogP contribution in [-0.4, -0.2) is 45.9 Å². The van der Waals surface area contributed by atoms with Crippen LogP contribution in [-0.2, 0) is 16.6 Å². The number of hydrogen-bond donors (Lipinski definition) is 1. The lowest BCUT2D eigenvalue weighted by Gasteiger charge is -2.47. The molecule has 0 saturated carbocycles. The smallest absolute Gasteiger partial charge is 0.420 e. The van der Waals surface area contributed by atoms with Crippen molar-refractivity contribution in [3.05, 3.63) is 101 Å². The second-order valence-corrected chi connectivity index (χ2v) is 13.1. The van der Waals surface area contributed by atoms with Crippen molar-refractivity contribution in [3.63, 3.8) is 0 Å². The van der Waals surface area contributed by atoms with E-state index >= 15 is 4.39 Å². The first-order chi connectivity index (χ1) is 20.3. The van der Waals surface area contributed by atoms with E-state index in [2.05, 4.69) is 31.1 Å². The SMILES string of the molecule is O=c1oc2cc(S(=O)(=O)Nc3ncns3)c(F)cc2n1C1CC2(CCN(Cc3ccccc3)CC2)Oc2ccccc21. The van der Waals surface area contributed by atoms with Crippen molar-refractivity contribution in [3.8, 4) is 5.75 Å². The molecule has 1 N–H and O–H groups in total. The van der Waals surface area contributed by atoms with Crippen LogP contribution >= 0.6 is 11.5 Å². The highest BCUT2D eigenvalue weighted by Crippen LogP contribution is 2.46. The second kappa shape index (κ2) is 10.3. The third-order valence-electron chi connectivity index (χ3n) is 8.04. The number of sulfonamides is 1. The van der Waals surface area contributed by atoms with Gasteiger partial charge in [0.05, 0.1) is 11.6 Å².